The van der Waals surface area contributed by atoms with E-state index in [-0.39, 0.29) is 30.0 Å². The summed E-state index contributed by atoms with van der Waals surface area (Å²) in [6.07, 6.45) is 0. The maximum absolute atomic E-state index is 10.9. The number of nitrogens with zero attached hydrogens (tertiary/aromatic N) is 2. The number of aliphatic carboxylic acids is 4. The summed E-state index contributed by atoms with van der Waals surface area (Å²) < 4.78 is 0. The third-order valence-electron chi connectivity index (χ3n) is 3.43. The van der Waals surface area contributed by atoms with E-state index in [4.69, 9.17) is 20.4 Å². The van der Waals surface area contributed by atoms with E-state index in [0.29, 0.717) is 0 Å². The summed E-state index contributed by atoms with van der Waals surface area (Å²) in [5.74, 6) is -5.22. The van der Waals surface area contributed by atoms with Gasteiger partial charge in [0.1, 0.15) is 5.75 Å². The van der Waals surface area contributed by atoms with Gasteiger partial charge in [-0.3, -0.25) is 29.0 Å². The Balaban J connectivity index is 3.01. The standard InChI is InChI=1S/C16H20N2O9/c19-12(20)6-17(7-13(21)22)4-10-2-1-3-11(16(10)27)5-18(8-14(23)24)9-15(25)26/h1-3,27H,4-9H2,(H,19,20)(H,21,22)(H,23,24)(H,25,26). The lowest BCUT2D eigenvalue weighted by molar-refractivity contribution is -0.144. The Morgan fingerprint density at radius 3 is 1.22 bits per heavy atom. The first-order chi connectivity index (χ1) is 12.6. The predicted octanol–water partition coefficient (Wildman–Crippen LogP) is -0.665. The van der Waals surface area contributed by atoms with Crippen molar-refractivity contribution in [2.75, 3.05) is 26.2 Å². The van der Waals surface area contributed by atoms with Crippen molar-refractivity contribution >= 4 is 23.9 Å². The van der Waals surface area contributed by atoms with E-state index in [2.05, 4.69) is 0 Å². The molecule has 0 bridgehead atoms. The van der Waals surface area contributed by atoms with Crippen LogP contribution in [-0.2, 0) is 32.3 Å². The van der Waals surface area contributed by atoms with E-state index in [0.717, 1.165) is 9.80 Å². The van der Waals surface area contributed by atoms with Crippen molar-refractivity contribution in [2.45, 2.75) is 13.1 Å². The van der Waals surface area contributed by atoms with Crippen LogP contribution in [0.15, 0.2) is 18.2 Å². The molecule has 5 N–H and O–H groups in total. The molecule has 0 aliphatic carbocycles. The van der Waals surface area contributed by atoms with E-state index in [9.17, 15) is 24.3 Å². The maximum atomic E-state index is 10.9. The van der Waals surface area contributed by atoms with Crippen molar-refractivity contribution < 1.29 is 44.7 Å². The van der Waals surface area contributed by atoms with Gasteiger partial charge in [0, 0.05) is 24.2 Å². The number of hydrogen-bond acceptors (Lipinski definition) is 7. The zero-order valence-electron chi connectivity index (χ0n) is 14.2. The van der Waals surface area contributed by atoms with Gasteiger partial charge in [0.2, 0.25) is 0 Å². The van der Waals surface area contributed by atoms with Crippen molar-refractivity contribution in [1.82, 2.24) is 9.80 Å². The fraction of sp³-hybridized carbons (Fsp3) is 0.375. The summed E-state index contributed by atoms with van der Waals surface area (Å²) in [6.45, 7) is -2.56. The Morgan fingerprint density at radius 1 is 0.667 bits per heavy atom. The Hall–Kier alpha value is -3.18. The molecule has 27 heavy (non-hydrogen) atoms. The highest BCUT2D eigenvalue weighted by molar-refractivity contribution is 5.73. The van der Waals surface area contributed by atoms with Gasteiger partial charge in [0.05, 0.1) is 26.2 Å². The molecule has 0 atom stereocenters. The van der Waals surface area contributed by atoms with Gasteiger partial charge in [-0.1, -0.05) is 18.2 Å². The van der Waals surface area contributed by atoms with Gasteiger partial charge in [0.25, 0.3) is 0 Å². The fourth-order valence-electron chi connectivity index (χ4n) is 2.48. The molecule has 11 nitrogen and oxygen atoms in total. The number of benzene rings is 1. The Labute approximate surface area is 153 Å². The monoisotopic (exact) mass is 384 g/mol. The fourth-order valence-corrected chi connectivity index (χ4v) is 2.48. The number of carboxylic acids is 4. The maximum Gasteiger partial charge on any atom is 0.317 e. The van der Waals surface area contributed by atoms with Gasteiger partial charge in [-0.05, 0) is 0 Å². The van der Waals surface area contributed by atoms with E-state index in [1.54, 1.807) is 0 Å². The van der Waals surface area contributed by atoms with Gasteiger partial charge in [0.15, 0.2) is 0 Å². The lowest BCUT2D eigenvalue weighted by Crippen LogP contribution is -2.34. The van der Waals surface area contributed by atoms with Crippen LogP contribution < -0.4 is 0 Å². The topological polar surface area (TPSA) is 176 Å². The van der Waals surface area contributed by atoms with Crippen molar-refractivity contribution in [3.05, 3.63) is 29.3 Å². The second-order valence-corrected chi connectivity index (χ2v) is 5.79. The molecule has 0 unspecified atom stereocenters. The summed E-state index contributed by atoms with van der Waals surface area (Å²) in [4.78, 5) is 45.7. The molecule has 0 saturated carbocycles. The second kappa shape index (κ2) is 10.1. The van der Waals surface area contributed by atoms with Gasteiger partial charge < -0.3 is 25.5 Å². The van der Waals surface area contributed by atoms with E-state index in [1.807, 2.05) is 0 Å². The van der Waals surface area contributed by atoms with Gasteiger partial charge in [-0.25, -0.2) is 0 Å². The Bertz CT molecular complexity index is 632. The molecule has 0 radical (unpaired) electrons. The molecule has 148 valence electrons. The Kier molecular flexibility index (Phi) is 8.17. The molecule has 0 saturated heterocycles. The number of hydrogen-bond donors (Lipinski definition) is 5. The molecular formula is C16H20N2O9. The van der Waals surface area contributed by atoms with Crippen molar-refractivity contribution in [3.63, 3.8) is 0 Å². The first kappa shape index (κ1) is 21.9. The van der Waals surface area contributed by atoms with Crippen LogP contribution in [0.1, 0.15) is 11.1 Å². The predicted molar refractivity (Wildman–Crippen MR) is 89.2 cm³/mol. The summed E-state index contributed by atoms with van der Waals surface area (Å²) in [7, 11) is 0. The van der Waals surface area contributed by atoms with Crippen LogP contribution in [0, 0.1) is 0 Å². The van der Waals surface area contributed by atoms with Crippen LogP contribution in [0.3, 0.4) is 0 Å². The molecule has 0 fully saturated rings. The van der Waals surface area contributed by atoms with Crippen molar-refractivity contribution in [1.29, 1.82) is 0 Å². The van der Waals surface area contributed by atoms with E-state index in [1.165, 1.54) is 18.2 Å². The highest BCUT2D eigenvalue weighted by Crippen LogP contribution is 2.25. The van der Waals surface area contributed by atoms with Gasteiger partial charge in [-0.15, -0.1) is 0 Å². The SMILES string of the molecule is O=C(O)CN(CC(=O)O)Cc1cccc(CN(CC(=O)O)CC(=O)O)c1O. The first-order valence-electron chi connectivity index (χ1n) is 7.70. The molecule has 0 amide bonds. The number of phenolic OH excluding ortho intramolecular Hbond substituents is 1. The minimum absolute atomic E-state index is 0.171. The molecule has 11 heteroatoms. The quantitative estimate of drug-likeness (QED) is 0.309. The molecule has 0 aliphatic rings. The van der Waals surface area contributed by atoms with Gasteiger partial charge in [-0.2, -0.15) is 0 Å². The lowest BCUT2D eigenvalue weighted by atomic mass is 10.1. The van der Waals surface area contributed by atoms with Crippen LogP contribution in [0.4, 0.5) is 0 Å². The minimum atomic E-state index is -1.24. The highest BCUT2D eigenvalue weighted by Gasteiger charge is 2.19. The summed E-state index contributed by atoms with van der Waals surface area (Å²) in [6, 6.07) is 4.45. The molecule has 1 rings (SSSR count). The molecule has 0 aliphatic heterocycles. The van der Waals surface area contributed by atoms with Crippen LogP contribution in [0.25, 0.3) is 0 Å². The van der Waals surface area contributed by atoms with Crippen LogP contribution in [0.5, 0.6) is 5.75 Å². The largest absolute Gasteiger partial charge is 0.507 e. The number of carbonyl (C=O) groups is 4. The molecule has 0 aromatic heterocycles. The highest BCUT2D eigenvalue weighted by atomic mass is 16.4. The minimum Gasteiger partial charge on any atom is -0.507 e. The zero-order valence-corrected chi connectivity index (χ0v) is 14.2. The summed E-state index contributed by atoms with van der Waals surface area (Å²) >= 11 is 0. The van der Waals surface area contributed by atoms with Crippen LogP contribution in [-0.4, -0.2) is 85.4 Å². The number of phenols is 1. The van der Waals surface area contributed by atoms with Crippen molar-refractivity contribution in [2.24, 2.45) is 0 Å². The van der Waals surface area contributed by atoms with E-state index < -0.39 is 50.1 Å². The zero-order chi connectivity index (χ0) is 20.6. The Morgan fingerprint density at radius 2 is 0.963 bits per heavy atom. The summed E-state index contributed by atoms with van der Waals surface area (Å²) in [5, 5.41) is 45.9. The number of carboxylic acid groups (broad SMARTS) is 4. The average molecular weight is 384 g/mol. The third-order valence-corrected chi connectivity index (χ3v) is 3.43. The normalized spacial score (nSPS) is 10.9. The molecular weight excluding hydrogens is 364 g/mol. The number of para-hydroxylation sites is 1. The smallest absolute Gasteiger partial charge is 0.317 e. The van der Waals surface area contributed by atoms with Crippen molar-refractivity contribution in [3.8, 4) is 5.75 Å². The molecule has 0 spiro atoms. The average Bonchev–Trinajstić information content (AvgIpc) is 2.48. The molecule has 0 heterocycles. The van der Waals surface area contributed by atoms with Gasteiger partial charge >= 0.3 is 23.9 Å². The second-order valence-electron chi connectivity index (χ2n) is 5.79. The molecule has 1 aromatic rings. The summed E-state index contributed by atoms with van der Waals surface area (Å²) in [5.41, 5.74) is 0.473. The van der Waals surface area contributed by atoms with E-state index >= 15 is 0 Å². The third kappa shape index (κ3) is 8.16. The first-order valence-corrected chi connectivity index (χ1v) is 7.70. The molecule has 1 aromatic carbocycles. The van der Waals surface area contributed by atoms with Crippen LogP contribution in [0.2, 0.25) is 0 Å². The number of rotatable bonds is 12. The van der Waals surface area contributed by atoms with Crippen LogP contribution >= 0.6 is 0 Å². The lowest BCUT2D eigenvalue weighted by Gasteiger charge is -2.22. The number of aromatic hydroxyl groups is 1.